The standard InChI is InChI=1S/C17H19F2N/c18-16-10-9-15(12-17(16)19)14-7-5-13(6-8-14)4-2-1-3-11-20/h1,3,9-10,12-14H,2,4-8H2/b3-1+. The Hall–Kier alpha value is -1.69. The number of allylic oxidation sites excluding steroid dienone is 2. The number of halogens is 2. The summed E-state index contributed by atoms with van der Waals surface area (Å²) in [4.78, 5) is 0. The molecule has 0 atom stereocenters. The van der Waals surface area contributed by atoms with Gasteiger partial charge in [-0.1, -0.05) is 12.1 Å². The Balaban J connectivity index is 1.83. The highest BCUT2D eigenvalue weighted by Gasteiger charge is 2.22. The molecule has 1 saturated carbocycles. The third-order valence-electron chi connectivity index (χ3n) is 4.20. The predicted octanol–water partition coefficient (Wildman–Crippen LogP) is 5.10. The first-order valence-corrected chi connectivity index (χ1v) is 7.20. The van der Waals surface area contributed by atoms with E-state index in [0.717, 1.165) is 44.1 Å². The molecule has 0 saturated heterocycles. The fourth-order valence-corrected chi connectivity index (χ4v) is 3.02. The maximum atomic E-state index is 13.2. The van der Waals surface area contributed by atoms with E-state index in [1.54, 1.807) is 6.07 Å². The molecular formula is C17H19F2N. The highest BCUT2D eigenvalue weighted by atomic mass is 19.2. The van der Waals surface area contributed by atoms with Crippen molar-refractivity contribution in [1.82, 2.24) is 0 Å². The number of hydrogen-bond donors (Lipinski definition) is 0. The van der Waals surface area contributed by atoms with Gasteiger partial charge in [0.05, 0.1) is 6.07 Å². The Morgan fingerprint density at radius 3 is 2.55 bits per heavy atom. The third kappa shape index (κ3) is 3.90. The van der Waals surface area contributed by atoms with Crippen molar-refractivity contribution in [2.45, 2.75) is 44.4 Å². The van der Waals surface area contributed by atoms with Gasteiger partial charge in [0.25, 0.3) is 0 Å². The summed E-state index contributed by atoms with van der Waals surface area (Å²) in [5.41, 5.74) is 0.923. The Bertz CT molecular complexity index is 508. The molecule has 1 aromatic rings. The van der Waals surface area contributed by atoms with Crippen LogP contribution in [0.2, 0.25) is 0 Å². The maximum absolute atomic E-state index is 13.2. The SMILES string of the molecule is N#C/C=C/CCC1CCC(c2ccc(F)c(F)c2)CC1. The molecule has 20 heavy (non-hydrogen) atoms. The number of nitriles is 1. The second kappa shape index (κ2) is 7.19. The molecule has 0 unspecified atom stereocenters. The highest BCUT2D eigenvalue weighted by Crippen LogP contribution is 2.37. The molecule has 1 aliphatic carbocycles. The first-order valence-electron chi connectivity index (χ1n) is 7.20. The molecule has 3 heteroatoms. The summed E-state index contributed by atoms with van der Waals surface area (Å²) in [5, 5.41) is 8.41. The zero-order chi connectivity index (χ0) is 14.4. The highest BCUT2D eigenvalue weighted by molar-refractivity contribution is 5.22. The molecule has 2 rings (SSSR count). The molecule has 1 nitrogen and oxygen atoms in total. The topological polar surface area (TPSA) is 23.8 Å². The minimum absolute atomic E-state index is 0.357. The normalized spacial score (nSPS) is 22.9. The van der Waals surface area contributed by atoms with Gasteiger partial charge in [-0.3, -0.25) is 0 Å². The summed E-state index contributed by atoms with van der Waals surface area (Å²) in [5.74, 6) is -0.464. The Labute approximate surface area is 118 Å². The smallest absolute Gasteiger partial charge is 0.159 e. The van der Waals surface area contributed by atoms with Crippen molar-refractivity contribution in [1.29, 1.82) is 5.26 Å². The molecule has 0 N–H and O–H groups in total. The second-order valence-corrected chi connectivity index (χ2v) is 5.50. The maximum Gasteiger partial charge on any atom is 0.159 e. The fourth-order valence-electron chi connectivity index (χ4n) is 3.02. The molecule has 1 aromatic carbocycles. The number of rotatable bonds is 4. The van der Waals surface area contributed by atoms with Crippen molar-refractivity contribution in [3.63, 3.8) is 0 Å². The monoisotopic (exact) mass is 275 g/mol. The molecule has 0 radical (unpaired) electrons. The molecule has 106 valence electrons. The van der Waals surface area contributed by atoms with Crippen LogP contribution in [0.3, 0.4) is 0 Å². The van der Waals surface area contributed by atoms with Gasteiger partial charge in [0.2, 0.25) is 0 Å². The van der Waals surface area contributed by atoms with Crippen molar-refractivity contribution < 1.29 is 8.78 Å². The van der Waals surface area contributed by atoms with Gasteiger partial charge in [-0.05, 0) is 68.1 Å². The molecule has 1 fully saturated rings. The van der Waals surface area contributed by atoms with Gasteiger partial charge in [0, 0.05) is 6.08 Å². The van der Waals surface area contributed by atoms with E-state index in [9.17, 15) is 8.78 Å². The zero-order valence-corrected chi connectivity index (χ0v) is 11.5. The lowest BCUT2D eigenvalue weighted by Crippen LogP contribution is -2.13. The zero-order valence-electron chi connectivity index (χ0n) is 11.5. The van der Waals surface area contributed by atoms with Crippen LogP contribution in [-0.2, 0) is 0 Å². The van der Waals surface area contributed by atoms with Gasteiger partial charge in [-0.2, -0.15) is 5.26 Å². The van der Waals surface area contributed by atoms with Crippen LogP contribution < -0.4 is 0 Å². The molecule has 0 spiro atoms. The van der Waals surface area contributed by atoms with Gasteiger partial charge in [-0.25, -0.2) is 8.78 Å². The molecule has 0 bridgehead atoms. The van der Waals surface area contributed by atoms with Crippen LogP contribution in [0.15, 0.2) is 30.4 Å². The molecule has 0 aromatic heterocycles. The minimum Gasteiger partial charge on any atom is -0.204 e. The van der Waals surface area contributed by atoms with E-state index in [4.69, 9.17) is 5.26 Å². The van der Waals surface area contributed by atoms with Crippen LogP contribution in [-0.4, -0.2) is 0 Å². The molecule has 0 amide bonds. The summed E-state index contributed by atoms with van der Waals surface area (Å²) >= 11 is 0. The van der Waals surface area contributed by atoms with Crippen molar-refractivity contribution in [3.8, 4) is 6.07 Å². The van der Waals surface area contributed by atoms with E-state index in [1.165, 1.54) is 18.2 Å². The lowest BCUT2D eigenvalue weighted by molar-refractivity contribution is 0.311. The third-order valence-corrected chi connectivity index (χ3v) is 4.20. The van der Waals surface area contributed by atoms with Crippen LogP contribution in [0.4, 0.5) is 8.78 Å². The minimum atomic E-state index is -0.772. The number of benzene rings is 1. The Morgan fingerprint density at radius 2 is 1.90 bits per heavy atom. The number of nitrogens with zero attached hydrogens (tertiary/aromatic N) is 1. The van der Waals surface area contributed by atoms with Crippen LogP contribution in [0, 0.1) is 28.9 Å². The average molecular weight is 275 g/mol. The summed E-state index contributed by atoms with van der Waals surface area (Å²) in [6.07, 6.45) is 9.86. The quantitative estimate of drug-likeness (QED) is 0.701. The van der Waals surface area contributed by atoms with Crippen LogP contribution >= 0.6 is 0 Å². The molecule has 1 aliphatic rings. The van der Waals surface area contributed by atoms with Gasteiger partial charge >= 0.3 is 0 Å². The van der Waals surface area contributed by atoms with Crippen molar-refractivity contribution in [2.24, 2.45) is 5.92 Å². The van der Waals surface area contributed by atoms with Crippen LogP contribution in [0.25, 0.3) is 0 Å². The lowest BCUT2D eigenvalue weighted by atomic mass is 9.77. The van der Waals surface area contributed by atoms with Crippen molar-refractivity contribution >= 4 is 0 Å². The van der Waals surface area contributed by atoms with Gasteiger partial charge in [0.1, 0.15) is 0 Å². The van der Waals surface area contributed by atoms with Crippen LogP contribution in [0.5, 0.6) is 0 Å². The average Bonchev–Trinajstić information content (AvgIpc) is 2.47. The number of hydrogen-bond acceptors (Lipinski definition) is 1. The van der Waals surface area contributed by atoms with E-state index in [2.05, 4.69) is 0 Å². The molecular weight excluding hydrogens is 256 g/mol. The Kier molecular flexibility index (Phi) is 5.29. The van der Waals surface area contributed by atoms with Crippen molar-refractivity contribution in [2.75, 3.05) is 0 Å². The van der Waals surface area contributed by atoms with E-state index in [1.807, 2.05) is 12.1 Å². The summed E-state index contributed by atoms with van der Waals surface area (Å²) in [7, 11) is 0. The van der Waals surface area contributed by atoms with Gasteiger partial charge in [0.15, 0.2) is 11.6 Å². The van der Waals surface area contributed by atoms with E-state index in [0.29, 0.717) is 11.8 Å². The lowest BCUT2D eigenvalue weighted by Gasteiger charge is -2.28. The van der Waals surface area contributed by atoms with Crippen LogP contribution in [0.1, 0.15) is 50.0 Å². The van der Waals surface area contributed by atoms with Gasteiger partial charge < -0.3 is 0 Å². The Morgan fingerprint density at radius 1 is 1.15 bits per heavy atom. The molecule has 0 aliphatic heterocycles. The largest absolute Gasteiger partial charge is 0.204 e. The van der Waals surface area contributed by atoms with E-state index < -0.39 is 11.6 Å². The van der Waals surface area contributed by atoms with E-state index in [-0.39, 0.29) is 0 Å². The fraction of sp³-hybridized carbons (Fsp3) is 0.471. The summed E-state index contributed by atoms with van der Waals surface area (Å²) < 4.78 is 26.2. The summed E-state index contributed by atoms with van der Waals surface area (Å²) in [6.45, 7) is 0. The first-order chi connectivity index (χ1) is 9.70. The summed E-state index contributed by atoms with van der Waals surface area (Å²) in [6, 6.07) is 6.27. The molecule has 0 heterocycles. The first kappa shape index (κ1) is 14.7. The van der Waals surface area contributed by atoms with E-state index >= 15 is 0 Å². The van der Waals surface area contributed by atoms with Gasteiger partial charge in [-0.15, -0.1) is 0 Å². The van der Waals surface area contributed by atoms with Crippen molar-refractivity contribution in [3.05, 3.63) is 47.5 Å². The predicted molar refractivity (Wildman–Crippen MR) is 75.0 cm³/mol. The second-order valence-electron chi connectivity index (χ2n) is 5.50.